The van der Waals surface area contributed by atoms with Crippen molar-refractivity contribution in [2.45, 2.75) is 31.7 Å². The van der Waals surface area contributed by atoms with Crippen LogP contribution in [0.3, 0.4) is 0 Å². The Balaban J connectivity index is 1.46. The first kappa shape index (κ1) is 17.1. The van der Waals surface area contributed by atoms with Crippen molar-refractivity contribution in [3.63, 3.8) is 0 Å². The molecule has 0 saturated carbocycles. The van der Waals surface area contributed by atoms with Crippen molar-refractivity contribution in [1.82, 2.24) is 14.5 Å². The van der Waals surface area contributed by atoms with Crippen molar-refractivity contribution < 1.29 is 4.74 Å². The van der Waals surface area contributed by atoms with E-state index in [1.54, 1.807) is 10.8 Å². The van der Waals surface area contributed by atoms with Gasteiger partial charge in [0, 0.05) is 13.1 Å². The molecule has 1 saturated heterocycles. The summed E-state index contributed by atoms with van der Waals surface area (Å²) in [5.41, 5.74) is 6.15. The average molecular weight is 355 g/mol. The van der Waals surface area contributed by atoms with Gasteiger partial charge in [-0.1, -0.05) is 18.6 Å². The van der Waals surface area contributed by atoms with Crippen LogP contribution in [0.5, 0.6) is 11.5 Å². The molecule has 4 rings (SSSR count). The first-order valence-electron chi connectivity index (χ1n) is 9.34. The van der Waals surface area contributed by atoms with Gasteiger partial charge >= 0.3 is 5.69 Å². The highest BCUT2D eigenvalue weighted by atomic mass is 16.5. The predicted octanol–water partition coefficient (Wildman–Crippen LogP) is 2.47. The maximum Gasteiger partial charge on any atom is 0.350 e. The number of ether oxygens (including phenoxy) is 1. The monoisotopic (exact) mass is 355 g/mol. The number of nitrogens with two attached hydrogens (primary N) is 1. The molecule has 2 aliphatic rings. The Bertz CT molecular complexity index is 835. The molecule has 26 heavy (non-hydrogen) atoms. The molecule has 138 valence electrons. The minimum absolute atomic E-state index is 0.149. The molecule has 0 bridgehead atoms. The molecule has 3 heterocycles. The lowest BCUT2D eigenvalue weighted by molar-refractivity contribution is 0.312. The number of nitrogens with zero attached hydrogens (tertiary/aromatic N) is 3. The number of para-hydroxylation sites is 2. The molecule has 1 aromatic heterocycles. The molecule has 3 N–H and O–H groups in total. The smallest absolute Gasteiger partial charge is 0.350 e. The molecule has 0 spiro atoms. The number of unbranched alkanes of at least 4 members (excludes halogenated alkanes) is 2. The molecular weight excluding hydrogens is 330 g/mol. The third-order valence-corrected chi connectivity index (χ3v) is 5.10. The number of anilines is 2. The predicted molar refractivity (Wildman–Crippen MR) is 101 cm³/mol. The van der Waals surface area contributed by atoms with Crippen LogP contribution in [0.15, 0.2) is 35.3 Å². The molecular formula is C19H25N5O2. The van der Waals surface area contributed by atoms with E-state index in [2.05, 4.69) is 15.2 Å². The van der Waals surface area contributed by atoms with Gasteiger partial charge in [0.1, 0.15) is 0 Å². The number of hydrogen-bond donors (Lipinski definition) is 2. The van der Waals surface area contributed by atoms with Crippen LogP contribution in [-0.2, 0) is 0 Å². The van der Waals surface area contributed by atoms with Crippen LogP contribution in [0.4, 0.5) is 11.5 Å². The summed E-state index contributed by atoms with van der Waals surface area (Å²) in [7, 11) is 0. The van der Waals surface area contributed by atoms with Crippen molar-refractivity contribution in [1.29, 1.82) is 0 Å². The highest BCUT2D eigenvalue weighted by Crippen LogP contribution is 2.40. The van der Waals surface area contributed by atoms with E-state index in [1.165, 1.54) is 0 Å². The molecule has 0 radical (unpaired) electrons. The summed E-state index contributed by atoms with van der Waals surface area (Å²) in [6.45, 7) is 3.72. The molecule has 1 aromatic carbocycles. The molecule has 2 aliphatic heterocycles. The van der Waals surface area contributed by atoms with Crippen LogP contribution >= 0.6 is 0 Å². The van der Waals surface area contributed by atoms with Crippen LogP contribution in [0.1, 0.15) is 31.7 Å². The first-order chi connectivity index (χ1) is 12.7. The lowest BCUT2D eigenvalue weighted by Crippen LogP contribution is -2.30. The molecule has 1 atom stereocenters. The van der Waals surface area contributed by atoms with Gasteiger partial charge in [0.05, 0.1) is 17.9 Å². The largest absolute Gasteiger partial charge is 0.450 e. The third kappa shape index (κ3) is 3.45. The van der Waals surface area contributed by atoms with Gasteiger partial charge in [0.15, 0.2) is 17.3 Å². The average Bonchev–Trinajstić information content (AvgIpc) is 3.12. The van der Waals surface area contributed by atoms with Crippen molar-refractivity contribution in [2.75, 3.05) is 31.5 Å². The summed E-state index contributed by atoms with van der Waals surface area (Å²) in [4.78, 5) is 19.1. The van der Waals surface area contributed by atoms with Gasteiger partial charge in [-0.25, -0.2) is 4.79 Å². The second-order valence-corrected chi connectivity index (χ2v) is 6.96. The number of aromatic nitrogens is 2. The van der Waals surface area contributed by atoms with E-state index in [0.29, 0.717) is 11.6 Å². The number of fused-ring (bicyclic) bond motifs is 2. The molecule has 7 heteroatoms. The normalized spacial score (nSPS) is 18.7. The molecule has 1 fully saturated rings. The van der Waals surface area contributed by atoms with Gasteiger partial charge in [-0.15, -0.1) is 0 Å². The van der Waals surface area contributed by atoms with Gasteiger partial charge in [-0.2, -0.15) is 4.98 Å². The lowest BCUT2D eigenvalue weighted by Gasteiger charge is -2.23. The van der Waals surface area contributed by atoms with Gasteiger partial charge in [0.25, 0.3) is 0 Å². The van der Waals surface area contributed by atoms with E-state index in [1.807, 2.05) is 24.3 Å². The second-order valence-electron chi connectivity index (χ2n) is 6.96. The van der Waals surface area contributed by atoms with Gasteiger partial charge < -0.3 is 20.7 Å². The Kier molecular flexibility index (Phi) is 4.90. The summed E-state index contributed by atoms with van der Waals surface area (Å²) in [5.74, 6) is 1.84. The van der Waals surface area contributed by atoms with Crippen molar-refractivity contribution >= 4 is 11.5 Å². The zero-order valence-electron chi connectivity index (χ0n) is 14.9. The van der Waals surface area contributed by atoms with E-state index in [4.69, 9.17) is 10.5 Å². The minimum Gasteiger partial charge on any atom is -0.450 e. The SMILES string of the molecule is NCCCCCN1CC[C@@H](n2cc3c(nc2=O)Nc2ccccc2O3)C1. The number of rotatable bonds is 6. The third-order valence-electron chi connectivity index (χ3n) is 5.10. The van der Waals surface area contributed by atoms with Crippen LogP contribution in [0.25, 0.3) is 0 Å². The Morgan fingerprint density at radius 3 is 3.00 bits per heavy atom. The Labute approximate surface area is 152 Å². The molecule has 0 amide bonds. The van der Waals surface area contributed by atoms with Crippen LogP contribution in [0, 0.1) is 0 Å². The minimum atomic E-state index is -0.228. The topological polar surface area (TPSA) is 85.4 Å². The quantitative estimate of drug-likeness (QED) is 0.661. The van der Waals surface area contributed by atoms with Gasteiger partial charge in [0.2, 0.25) is 0 Å². The first-order valence-corrected chi connectivity index (χ1v) is 9.34. The van der Waals surface area contributed by atoms with Gasteiger partial charge in [-0.05, 0) is 44.5 Å². The molecule has 2 aromatic rings. The standard InChI is InChI=1S/C19H25N5O2/c20-9-4-1-5-10-23-11-8-14(12-23)24-13-17-18(22-19(24)25)21-15-6-2-3-7-16(15)26-17/h2-3,6-7,13-14H,1,4-5,8-12,20H2,(H,21,22,25)/t14-/m1/s1. The summed E-state index contributed by atoms with van der Waals surface area (Å²) in [6.07, 6.45) is 6.16. The van der Waals surface area contributed by atoms with E-state index >= 15 is 0 Å². The van der Waals surface area contributed by atoms with Crippen molar-refractivity contribution in [2.24, 2.45) is 5.73 Å². The molecule has 0 aliphatic carbocycles. The van der Waals surface area contributed by atoms with Crippen LogP contribution < -0.4 is 21.5 Å². The Hall–Kier alpha value is -2.38. The summed E-state index contributed by atoms with van der Waals surface area (Å²) in [5, 5.41) is 3.18. The van der Waals surface area contributed by atoms with E-state index in [0.717, 1.165) is 63.3 Å². The van der Waals surface area contributed by atoms with E-state index < -0.39 is 0 Å². The summed E-state index contributed by atoms with van der Waals surface area (Å²) < 4.78 is 7.67. The summed E-state index contributed by atoms with van der Waals surface area (Å²) >= 11 is 0. The number of benzene rings is 1. The molecule has 0 unspecified atom stereocenters. The lowest BCUT2D eigenvalue weighted by atomic mass is 10.2. The number of hydrogen-bond acceptors (Lipinski definition) is 6. The number of nitrogens with one attached hydrogen (secondary N) is 1. The zero-order chi connectivity index (χ0) is 17.9. The Morgan fingerprint density at radius 1 is 1.23 bits per heavy atom. The van der Waals surface area contributed by atoms with Crippen LogP contribution in [0.2, 0.25) is 0 Å². The van der Waals surface area contributed by atoms with Crippen molar-refractivity contribution in [3.8, 4) is 11.5 Å². The second kappa shape index (κ2) is 7.47. The summed E-state index contributed by atoms with van der Waals surface area (Å²) in [6, 6.07) is 7.80. The maximum atomic E-state index is 12.5. The highest BCUT2D eigenvalue weighted by molar-refractivity contribution is 5.72. The van der Waals surface area contributed by atoms with E-state index in [9.17, 15) is 4.79 Å². The maximum absolute atomic E-state index is 12.5. The van der Waals surface area contributed by atoms with Crippen LogP contribution in [-0.4, -0.2) is 40.6 Å². The number of likely N-dealkylation sites (tertiary alicyclic amines) is 1. The molecule has 7 nitrogen and oxygen atoms in total. The fourth-order valence-corrected chi connectivity index (χ4v) is 3.68. The fourth-order valence-electron chi connectivity index (χ4n) is 3.68. The van der Waals surface area contributed by atoms with Gasteiger partial charge in [-0.3, -0.25) is 4.57 Å². The van der Waals surface area contributed by atoms with E-state index in [-0.39, 0.29) is 11.7 Å². The Morgan fingerprint density at radius 2 is 2.12 bits per heavy atom. The highest BCUT2D eigenvalue weighted by Gasteiger charge is 2.27. The zero-order valence-corrected chi connectivity index (χ0v) is 14.9. The fraction of sp³-hybridized carbons (Fsp3) is 0.474. The van der Waals surface area contributed by atoms with Crippen molar-refractivity contribution in [3.05, 3.63) is 40.9 Å².